The van der Waals surface area contributed by atoms with Gasteiger partial charge in [-0.05, 0) is 110 Å². The molecule has 12 rings (SSSR count). The van der Waals surface area contributed by atoms with E-state index in [2.05, 4.69) is 243 Å². The quantitative estimate of drug-likeness (QED) is 0.163. The first-order valence-electron chi connectivity index (χ1n) is 21.9. The minimum absolute atomic E-state index is 0.112. The lowest BCUT2D eigenvalue weighted by molar-refractivity contribution is 0.660. The van der Waals surface area contributed by atoms with E-state index in [4.69, 9.17) is 0 Å². The number of para-hydroxylation sites is 3. The average molecular weight is 795 g/mol. The van der Waals surface area contributed by atoms with Gasteiger partial charge in [-0.1, -0.05) is 185 Å². The van der Waals surface area contributed by atoms with Crippen LogP contribution in [0.15, 0.2) is 206 Å². The zero-order valence-electron chi connectivity index (χ0n) is 35.5. The number of rotatable bonds is 6. The third-order valence-corrected chi connectivity index (χ3v) is 14.0. The van der Waals surface area contributed by atoms with Crippen molar-refractivity contribution in [3.63, 3.8) is 0 Å². The molecule has 296 valence electrons. The summed E-state index contributed by atoms with van der Waals surface area (Å²) in [7, 11) is 0. The van der Waals surface area contributed by atoms with Crippen LogP contribution >= 0.6 is 0 Å². The number of benzene rings is 9. The number of hydrogen-bond donors (Lipinski definition) is 0. The Bertz CT molecular complexity index is 3420. The molecule has 2 aliphatic rings. The number of fused-ring (bicyclic) bond motifs is 9. The Morgan fingerprint density at radius 2 is 0.952 bits per heavy atom. The van der Waals surface area contributed by atoms with E-state index in [-0.39, 0.29) is 10.8 Å². The van der Waals surface area contributed by atoms with Crippen LogP contribution in [0, 0.1) is 0 Å². The molecule has 1 aromatic heterocycles. The largest absolute Gasteiger partial charge is 0.309 e. The second-order valence-corrected chi connectivity index (χ2v) is 18.1. The van der Waals surface area contributed by atoms with Gasteiger partial charge in [-0.3, -0.25) is 0 Å². The molecule has 0 aliphatic heterocycles. The molecular formula is C60H46N2. The van der Waals surface area contributed by atoms with Crippen LogP contribution < -0.4 is 4.90 Å². The number of hydrogen-bond acceptors (Lipinski definition) is 1. The van der Waals surface area contributed by atoms with Gasteiger partial charge >= 0.3 is 0 Å². The van der Waals surface area contributed by atoms with E-state index in [1.54, 1.807) is 0 Å². The highest BCUT2D eigenvalue weighted by Crippen LogP contribution is 2.56. The van der Waals surface area contributed by atoms with Gasteiger partial charge in [-0.15, -0.1) is 0 Å². The predicted octanol–water partition coefficient (Wildman–Crippen LogP) is 16.2. The first kappa shape index (κ1) is 36.4. The fourth-order valence-electron chi connectivity index (χ4n) is 11.2. The number of nitrogens with zero attached hydrogens (tertiary/aromatic N) is 2. The van der Waals surface area contributed by atoms with Crippen LogP contribution in [0.25, 0.3) is 72.0 Å². The fraction of sp³-hybridized carbons (Fsp3) is 0.100. The molecular weight excluding hydrogens is 749 g/mol. The molecule has 0 N–H and O–H groups in total. The SMILES string of the molecule is CC1(C)c2ccccc2-c2c(-c3ccccc3N(c3cccc(-c4cccc5c4C(C)(C)c4ccccc4-5)c3)c3cccc4c3c3ccccc3n4-c3ccccc3)cccc21. The van der Waals surface area contributed by atoms with Crippen molar-refractivity contribution in [3.05, 3.63) is 229 Å². The van der Waals surface area contributed by atoms with Crippen molar-refractivity contribution in [1.29, 1.82) is 0 Å². The zero-order valence-corrected chi connectivity index (χ0v) is 35.5. The van der Waals surface area contributed by atoms with Crippen LogP contribution in [0.4, 0.5) is 17.1 Å². The summed E-state index contributed by atoms with van der Waals surface area (Å²) in [6.45, 7) is 9.51. The minimum atomic E-state index is -0.145. The molecule has 9 aromatic carbocycles. The highest BCUT2D eigenvalue weighted by Gasteiger charge is 2.39. The van der Waals surface area contributed by atoms with Gasteiger partial charge in [0.05, 0.1) is 22.4 Å². The van der Waals surface area contributed by atoms with Crippen molar-refractivity contribution in [2.45, 2.75) is 38.5 Å². The molecule has 0 atom stereocenters. The summed E-state index contributed by atoms with van der Waals surface area (Å²) in [5, 5.41) is 2.44. The highest BCUT2D eigenvalue weighted by molar-refractivity contribution is 6.17. The van der Waals surface area contributed by atoms with Gasteiger partial charge in [0.15, 0.2) is 0 Å². The van der Waals surface area contributed by atoms with E-state index in [9.17, 15) is 0 Å². The molecule has 2 aliphatic carbocycles. The lowest BCUT2D eigenvalue weighted by atomic mass is 9.79. The summed E-state index contributed by atoms with van der Waals surface area (Å²) in [4.78, 5) is 2.54. The van der Waals surface area contributed by atoms with E-state index in [0.29, 0.717) is 0 Å². The van der Waals surface area contributed by atoms with Gasteiger partial charge in [-0.2, -0.15) is 0 Å². The molecule has 10 aromatic rings. The average Bonchev–Trinajstić information content (AvgIpc) is 3.87. The van der Waals surface area contributed by atoms with Crippen LogP contribution in [0.3, 0.4) is 0 Å². The third-order valence-electron chi connectivity index (χ3n) is 14.0. The summed E-state index contributed by atoms with van der Waals surface area (Å²) >= 11 is 0. The number of aromatic nitrogens is 1. The van der Waals surface area contributed by atoms with Crippen molar-refractivity contribution >= 4 is 38.9 Å². The molecule has 0 amide bonds. The summed E-state index contributed by atoms with van der Waals surface area (Å²) in [5.74, 6) is 0. The fourth-order valence-corrected chi connectivity index (χ4v) is 11.2. The van der Waals surface area contributed by atoms with Gasteiger partial charge in [0, 0.05) is 38.5 Å². The lowest BCUT2D eigenvalue weighted by Gasteiger charge is -2.30. The Balaban J connectivity index is 1.15. The Kier molecular flexibility index (Phi) is 7.96. The van der Waals surface area contributed by atoms with Crippen LogP contribution in [0.1, 0.15) is 49.9 Å². The summed E-state index contributed by atoms with van der Waals surface area (Å²) < 4.78 is 2.42. The number of anilines is 3. The Morgan fingerprint density at radius 1 is 0.387 bits per heavy atom. The molecule has 2 nitrogen and oxygen atoms in total. The standard InChI is InChI=1S/C60H46N2/c1-59(2)50-32-13-9-26-47(50)56-45(29-18-33-51(56)59)44-25-10-14-34-52(44)62(55-37-19-36-54-57(55)48-27-11-15-35-53(48)61(54)40-21-6-5-7-22-40)41-23-16-20-39(38-41)42-28-17-30-46-43-24-8-12-31-49(43)60(3,4)58(42)46/h5-38H,1-4H3. The van der Waals surface area contributed by atoms with Crippen LogP contribution in [-0.2, 0) is 10.8 Å². The third kappa shape index (κ3) is 5.16. The van der Waals surface area contributed by atoms with E-state index in [0.717, 1.165) is 22.7 Å². The first-order chi connectivity index (χ1) is 30.3. The van der Waals surface area contributed by atoms with E-state index in [1.807, 2.05) is 0 Å². The maximum Gasteiger partial charge on any atom is 0.0562 e. The summed E-state index contributed by atoms with van der Waals surface area (Å²) in [5.41, 5.74) is 22.4. The molecule has 0 saturated heterocycles. The van der Waals surface area contributed by atoms with Gasteiger partial charge < -0.3 is 9.47 Å². The van der Waals surface area contributed by atoms with Crippen molar-refractivity contribution < 1.29 is 0 Å². The predicted molar refractivity (Wildman–Crippen MR) is 261 cm³/mol. The second kappa shape index (κ2) is 13.5. The summed E-state index contributed by atoms with van der Waals surface area (Å²) in [6.07, 6.45) is 0. The van der Waals surface area contributed by atoms with Crippen molar-refractivity contribution in [2.75, 3.05) is 4.90 Å². The second-order valence-electron chi connectivity index (χ2n) is 18.1. The van der Waals surface area contributed by atoms with Crippen molar-refractivity contribution in [1.82, 2.24) is 4.57 Å². The van der Waals surface area contributed by atoms with Crippen LogP contribution in [-0.4, -0.2) is 4.57 Å². The zero-order chi connectivity index (χ0) is 41.7. The molecule has 2 heteroatoms. The topological polar surface area (TPSA) is 8.17 Å². The Labute approximate surface area is 364 Å². The Morgan fingerprint density at radius 3 is 1.79 bits per heavy atom. The molecule has 62 heavy (non-hydrogen) atoms. The van der Waals surface area contributed by atoms with Gasteiger partial charge in [0.1, 0.15) is 0 Å². The van der Waals surface area contributed by atoms with Crippen molar-refractivity contribution in [2.24, 2.45) is 0 Å². The molecule has 0 bridgehead atoms. The highest BCUT2D eigenvalue weighted by atomic mass is 15.2. The van der Waals surface area contributed by atoms with Gasteiger partial charge in [0.25, 0.3) is 0 Å². The van der Waals surface area contributed by atoms with Gasteiger partial charge in [-0.25, -0.2) is 0 Å². The Hall–Kier alpha value is -7.42. The molecule has 0 saturated carbocycles. The van der Waals surface area contributed by atoms with Crippen molar-refractivity contribution in [3.8, 4) is 50.2 Å². The first-order valence-corrected chi connectivity index (χ1v) is 21.9. The van der Waals surface area contributed by atoms with E-state index in [1.165, 1.54) is 88.6 Å². The maximum absolute atomic E-state index is 2.54. The molecule has 0 fully saturated rings. The van der Waals surface area contributed by atoms with Crippen LogP contribution in [0.5, 0.6) is 0 Å². The monoisotopic (exact) mass is 794 g/mol. The molecule has 0 spiro atoms. The normalized spacial score (nSPS) is 14.1. The molecule has 0 radical (unpaired) electrons. The summed E-state index contributed by atoms with van der Waals surface area (Å²) in [6, 6.07) is 76.5. The molecule has 0 unspecified atom stereocenters. The smallest absolute Gasteiger partial charge is 0.0562 e. The van der Waals surface area contributed by atoms with E-state index >= 15 is 0 Å². The molecule has 1 heterocycles. The van der Waals surface area contributed by atoms with E-state index < -0.39 is 0 Å². The minimum Gasteiger partial charge on any atom is -0.309 e. The lowest BCUT2D eigenvalue weighted by Crippen LogP contribution is -2.16. The maximum atomic E-state index is 2.54. The van der Waals surface area contributed by atoms with Crippen LogP contribution in [0.2, 0.25) is 0 Å². The van der Waals surface area contributed by atoms with Gasteiger partial charge in [0.2, 0.25) is 0 Å².